The van der Waals surface area contributed by atoms with E-state index < -0.39 is 4.92 Å². The monoisotopic (exact) mass is 353 g/mol. The Balaban J connectivity index is 1.83. The van der Waals surface area contributed by atoms with Gasteiger partial charge in [-0.15, -0.1) is 0 Å². The third-order valence-corrected chi connectivity index (χ3v) is 4.73. The smallest absolute Gasteiger partial charge is 0.275 e. The van der Waals surface area contributed by atoms with Gasteiger partial charge in [-0.2, -0.15) is 9.61 Å². The summed E-state index contributed by atoms with van der Waals surface area (Å²) in [7, 11) is 0. The van der Waals surface area contributed by atoms with Gasteiger partial charge in [0, 0.05) is 36.5 Å². The summed E-state index contributed by atoms with van der Waals surface area (Å²) < 4.78 is 1.22. The lowest BCUT2D eigenvalue weighted by molar-refractivity contribution is -0.384. The predicted octanol–water partition coefficient (Wildman–Crippen LogP) is 2.58. The van der Waals surface area contributed by atoms with E-state index in [4.69, 9.17) is 0 Å². The van der Waals surface area contributed by atoms with Gasteiger partial charge in [0.1, 0.15) is 5.01 Å². The molecule has 1 aliphatic heterocycles. The number of rotatable bonds is 3. The molecule has 0 aliphatic carbocycles. The van der Waals surface area contributed by atoms with Crippen LogP contribution in [0.25, 0.3) is 21.1 Å². The lowest BCUT2D eigenvalue weighted by atomic mass is 10.1. The maximum Gasteiger partial charge on any atom is 0.275 e. The third kappa shape index (κ3) is 2.85. The number of benzene rings is 1. The highest BCUT2D eigenvalue weighted by Crippen LogP contribution is 2.28. The average Bonchev–Trinajstić information content (AvgIpc) is 3.07. The van der Waals surface area contributed by atoms with Crippen molar-refractivity contribution in [3.63, 3.8) is 0 Å². The van der Waals surface area contributed by atoms with E-state index in [9.17, 15) is 14.9 Å². The molecular formula is C16H11N5O3S. The van der Waals surface area contributed by atoms with Gasteiger partial charge in [0.2, 0.25) is 4.96 Å². The van der Waals surface area contributed by atoms with Gasteiger partial charge >= 0.3 is 0 Å². The van der Waals surface area contributed by atoms with Crippen LogP contribution in [0, 0.1) is 10.1 Å². The lowest BCUT2D eigenvalue weighted by Gasteiger charge is -2.07. The zero-order valence-electron chi connectivity index (χ0n) is 12.8. The molecule has 3 heterocycles. The minimum absolute atomic E-state index is 0.0237. The molecule has 0 spiro atoms. The number of allylic oxidation sites excluding steroid dienone is 1. The van der Waals surface area contributed by atoms with Crippen molar-refractivity contribution in [3.05, 3.63) is 62.6 Å². The quantitative estimate of drug-likeness (QED) is 0.532. The molecule has 1 aliphatic rings. The Bertz CT molecular complexity index is 1110. The van der Waals surface area contributed by atoms with Crippen LogP contribution in [0.1, 0.15) is 12.1 Å². The van der Waals surface area contributed by atoms with Crippen LogP contribution < -0.4 is 5.56 Å². The van der Waals surface area contributed by atoms with E-state index in [1.807, 2.05) is 6.08 Å². The van der Waals surface area contributed by atoms with Crippen molar-refractivity contribution in [1.82, 2.24) is 14.6 Å². The van der Waals surface area contributed by atoms with Crippen molar-refractivity contribution in [2.75, 3.05) is 6.54 Å². The second kappa shape index (κ2) is 6.02. The van der Waals surface area contributed by atoms with Gasteiger partial charge in [-0.3, -0.25) is 19.9 Å². The topological polar surface area (TPSA) is 103 Å². The molecule has 0 saturated carbocycles. The minimum Gasteiger partial charge on any atom is -0.293 e. The fraction of sp³-hybridized carbons (Fsp3) is 0.125. The van der Waals surface area contributed by atoms with Gasteiger partial charge < -0.3 is 0 Å². The van der Waals surface area contributed by atoms with Crippen molar-refractivity contribution in [2.24, 2.45) is 4.99 Å². The van der Waals surface area contributed by atoms with Crippen LogP contribution in [0.5, 0.6) is 0 Å². The molecule has 9 heteroatoms. The summed E-state index contributed by atoms with van der Waals surface area (Å²) in [5.74, 6) is 0. The first-order valence-corrected chi connectivity index (χ1v) is 8.28. The summed E-state index contributed by atoms with van der Waals surface area (Å²) in [4.78, 5) is 31.9. The Morgan fingerprint density at radius 3 is 2.92 bits per heavy atom. The number of hydrogen-bond acceptors (Lipinski definition) is 7. The van der Waals surface area contributed by atoms with E-state index in [2.05, 4.69) is 15.1 Å². The number of nitro groups is 1. The highest BCUT2D eigenvalue weighted by Gasteiger charge is 2.15. The number of dihydropyridines is 1. The number of hydrogen-bond donors (Lipinski definition) is 0. The van der Waals surface area contributed by atoms with Gasteiger partial charge in [0.05, 0.1) is 10.6 Å². The largest absolute Gasteiger partial charge is 0.293 e. The van der Waals surface area contributed by atoms with Crippen LogP contribution in [0.4, 0.5) is 5.69 Å². The van der Waals surface area contributed by atoms with Crippen molar-refractivity contribution >= 4 is 33.8 Å². The number of aromatic nitrogens is 3. The normalized spacial score (nSPS) is 13.8. The van der Waals surface area contributed by atoms with E-state index in [0.29, 0.717) is 27.8 Å². The zero-order chi connectivity index (χ0) is 17.4. The Hall–Kier alpha value is -3.20. The van der Waals surface area contributed by atoms with E-state index in [1.54, 1.807) is 18.3 Å². The van der Waals surface area contributed by atoms with Gasteiger partial charge in [0.25, 0.3) is 11.2 Å². The summed E-state index contributed by atoms with van der Waals surface area (Å²) in [6.45, 7) is 0.675. The third-order valence-electron chi connectivity index (χ3n) is 3.77. The molecule has 0 unspecified atom stereocenters. The van der Waals surface area contributed by atoms with E-state index in [0.717, 1.165) is 12.0 Å². The van der Waals surface area contributed by atoms with Crippen molar-refractivity contribution in [1.29, 1.82) is 0 Å². The summed E-state index contributed by atoms with van der Waals surface area (Å²) in [5.41, 5.74) is 1.85. The number of nitro benzene ring substituents is 1. The molecule has 0 atom stereocenters. The van der Waals surface area contributed by atoms with Crippen LogP contribution in [0.15, 0.2) is 46.2 Å². The van der Waals surface area contributed by atoms with Crippen LogP contribution in [-0.4, -0.2) is 32.3 Å². The summed E-state index contributed by atoms with van der Waals surface area (Å²) in [6.07, 6.45) is 4.30. The van der Waals surface area contributed by atoms with Gasteiger partial charge in [-0.25, -0.2) is 4.98 Å². The molecule has 3 aromatic rings. The van der Waals surface area contributed by atoms with Crippen LogP contribution in [0.3, 0.4) is 0 Å². The summed E-state index contributed by atoms with van der Waals surface area (Å²) in [6, 6.07) is 7.61. The first kappa shape index (κ1) is 15.3. The molecule has 124 valence electrons. The van der Waals surface area contributed by atoms with Gasteiger partial charge in [0.15, 0.2) is 0 Å². The lowest BCUT2D eigenvalue weighted by Crippen LogP contribution is -2.15. The maximum absolute atomic E-state index is 12.4. The SMILES string of the molecule is O=c1cc(C2=CC=NCC2)nc2sc(-c3cccc([N+](=O)[O-])c3)nn12. The highest BCUT2D eigenvalue weighted by atomic mass is 32.1. The summed E-state index contributed by atoms with van der Waals surface area (Å²) >= 11 is 1.22. The van der Waals surface area contributed by atoms with Crippen molar-refractivity contribution in [3.8, 4) is 10.6 Å². The minimum atomic E-state index is -0.462. The van der Waals surface area contributed by atoms with Crippen molar-refractivity contribution < 1.29 is 4.92 Å². The fourth-order valence-corrected chi connectivity index (χ4v) is 3.45. The fourth-order valence-electron chi connectivity index (χ4n) is 2.54. The Labute approximate surface area is 145 Å². The number of non-ortho nitro benzene ring substituents is 1. The van der Waals surface area contributed by atoms with E-state index in [1.165, 1.54) is 34.1 Å². The predicted molar refractivity (Wildman–Crippen MR) is 95.2 cm³/mol. The first-order chi connectivity index (χ1) is 12.1. The maximum atomic E-state index is 12.4. The standard InChI is InChI=1S/C16H11N5O3S/c22-14-9-13(10-4-6-17-7-5-10)18-16-20(14)19-15(25-16)11-2-1-3-12(8-11)21(23)24/h1-4,6,8-9H,5,7H2. The Morgan fingerprint density at radius 1 is 1.28 bits per heavy atom. The average molecular weight is 353 g/mol. The Morgan fingerprint density at radius 2 is 2.16 bits per heavy atom. The molecule has 25 heavy (non-hydrogen) atoms. The zero-order valence-corrected chi connectivity index (χ0v) is 13.6. The van der Waals surface area contributed by atoms with Crippen LogP contribution in [0.2, 0.25) is 0 Å². The molecule has 0 amide bonds. The molecular weight excluding hydrogens is 342 g/mol. The second-order valence-electron chi connectivity index (χ2n) is 5.39. The number of aliphatic imine (C=N–C) groups is 1. The second-order valence-corrected chi connectivity index (χ2v) is 6.34. The van der Waals surface area contributed by atoms with Crippen LogP contribution in [-0.2, 0) is 0 Å². The first-order valence-electron chi connectivity index (χ1n) is 7.47. The summed E-state index contributed by atoms with van der Waals surface area (Å²) in [5, 5.41) is 15.7. The molecule has 1 aromatic carbocycles. The molecule has 0 fully saturated rings. The van der Waals surface area contributed by atoms with Gasteiger partial charge in [-0.05, 0) is 18.1 Å². The molecule has 0 radical (unpaired) electrons. The molecule has 0 N–H and O–H groups in total. The molecule has 8 nitrogen and oxygen atoms in total. The number of nitrogens with zero attached hydrogens (tertiary/aromatic N) is 5. The molecule has 2 aromatic heterocycles. The highest BCUT2D eigenvalue weighted by molar-refractivity contribution is 7.19. The Kier molecular flexibility index (Phi) is 3.69. The molecule has 0 bridgehead atoms. The van der Waals surface area contributed by atoms with Crippen LogP contribution >= 0.6 is 11.3 Å². The van der Waals surface area contributed by atoms with E-state index >= 15 is 0 Å². The van der Waals surface area contributed by atoms with E-state index in [-0.39, 0.29) is 11.2 Å². The number of fused-ring (bicyclic) bond motifs is 1. The van der Waals surface area contributed by atoms with Gasteiger partial charge in [-0.1, -0.05) is 23.5 Å². The molecule has 0 saturated heterocycles. The molecule has 4 rings (SSSR count). The van der Waals surface area contributed by atoms with Crippen molar-refractivity contribution in [2.45, 2.75) is 6.42 Å².